The number of nitrogens with zero attached hydrogens (tertiary/aromatic N) is 1. The van der Waals surface area contributed by atoms with Crippen LogP contribution in [0.15, 0.2) is 5.38 Å². The lowest BCUT2D eigenvalue weighted by Gasteiger charge is -1.96. The lowest BCUT2D eigenvalue weighted by molar-refractivity contribution is -0.146. The van der Waals surface area contributed by atoms with E-state index in [4.69, 9.17) is 11.6 Å². The van der Waals surface area contributed by atoms with Gasteiger partial charge in [0.05, 0.1) is 5.38 Å². The lowest BCUT2D eigenvalue weighted by atomic mass is 10.7. The minimum Gasteiger partial charge on any atom is -0.402 e. The van der Waals surface area contributed by atoms with Gasteiger partial charge in [0.25, 0.3) is 0 Å². The number of hydrogen-bond donors (Lipinski definition) is 0. The second-order valence-corrected chi connectivity index (χ2v) is 3.10. The van der Waals surface area contributed by atoms with Crippen LogP contribution in [0.2, 0.25) is 4.47 Å². The average molecular weight is 214 g/mol. The van der Waals surface area contributed by atoms with Crippen molar-refractivity contribution in [2.45, 2.75) is 6.43 Å². The summed E-state index contributed by atoms with van der Waals surface area (Å²) in [5.41, 5.74) is 0. The number of rotatable bonds is 2. The Morgan fingerprint density at radius 3 is 2.83 bits per heavy atom. The van der Waals surface area contributed by atoms with E-state index >= 15 is 0 Å². The molecule has 0 bridgehead atoms. The van der Waals surface area contributed by atoms with Gasteiger partial charge in [0.1, 0.15) is 0 Å². The van der Waals surface area contributed by atoms with Crippen molar-refractivity contribution >= 4 is 28.9 Å². The third-order valence-electron chi connectivity index (χ3n) is 0.838. The van der Waals surface area contributed by atoms with Crippen molar-refractivity contribution in [3.63, 3.8) is 0 Å². The fourth-order valence-electron chi connectivity index (χ4n) is 0.433. The molecule has 1 rings (SSSR count). The molecule has 0 saturated carbocycles. The zero-order chi connectivity index (χ0) is 9.14. The second kappa shape index (κ2) is 3.77. The van der Waals surface area contributed by atoms with Crippen LogP contribution in [-0.2, 0) is 4.79 Å². The summed E-state index contributed by atoms with van der Waals surface area (Å²) in [5.74, 6) is -1.83. The normalized spacial score (nSPS) is 10.3. The number of halogens is 3. The van der Waals surface area contributed by atoms with Crippen LogP contribution in [0.3, 0.4) is 0 Å². The summed E-state index contributed by atoms with van der Waals surface area (Å²) in [7, 11) is 0. The summed E-state index contributed by atoms with van der Waals surface area (Å²) < 4.78 is 27.4. The van der Waals surface area contributed by atoms with E-state index in [2.05, 4.69) is 9.72 Å². The van der Waals surface area contributed by atoms with E-state index in [1.165, 1.54) is 5.38 Å². The number of hydrogen-bond acceptors (Lipinski definition) is 4. The highest BCUT2D eigenvalue weighted by Gasteiger charge is 2.18. The maximum atomic E-state index is 11.6. The molecule has 0 aliphatic heterocycles. The molecule has 0 radical (unpaired) electrons. The number of thiazole rings is 1. The Bertz CT molecular complexity index is 291. The first-order valence-corrected chi connectivity index (χ1v) is 3.96. The number of carbonyl (C=O) groups excluding carboxylic acids is 1. The van der Waals surface area contributed by atoms with Gasteiger partial charge >= 0.3 is 12.4 Å². The van der Waals surface area contributed by atoms with Gasteiger partial charge in [-0.2, -0.15) is 13.8 Å². The molecule has 12 heavy (non-hydrogen) atoms. The van der Waals surface area contributed by atoms with Crippen molar-refractivity contribution in [1.82, 2.24) is 4.98 Å². The van der Waals surface area contributed by atoms with Gasteiger partial charge in [-0.3, -0.25) is 0 Å². The SMILES string of the molecule is O=C(Oc1csc(Cl)n1)C(F)F. The highest BCUT2D eigenvalue weighted by Crippen LogP contribution is 2.20. The van der Waals surface area contributed by atoms with E-state index in [9.17, 15) is 13.6 Å². The molecule has 3 nitrogen and oxygen atoms in total. The zero-order valence-electron chi connectivity index (χ0n) is 5.46. The molecule has 0 spiro atoms. The van der Waals surface area contributed by atoms with E-state index in [0.717, 1.165) is 11.3 Å². The molecule has 0 amide bonds. The van der Waals surface area contributed by atoms with Crippen molar-refractivity contribution in [3.8, 4) is 5.88 Å². The molecule has 0 unspecified atom stereocenters. The number of carbonyl (C=O) groups is 1. The molecule has 0 aromatic carbocycles. The molecule has 1 aromatic rings. The van der Waals surface area contributed by atoms with Crippen LogP contribution < -0.4 is 4.74 Å². The second-order valence-electron chi connectivity index (χ2n) is 1.66. The largest absolute Gasteiger partial charge is 0.402 e. The summed E-state index contributed by atoms with van der Waals surface area (Å²) >= 11 is 6.34. The summed E-state index contributed by atoms with van der Waals surface area (Å²) in [6.45, 7) is 0. The van der Waals surface area contributed by atoms with Crippen LogP contribution in [0, 0.1) is 0 Å². The Labute approximate surface area is 74.9 Å². The predicted octanol–water partition coefficient (Wildman–Crippen LogP) is 1.97. The fraction of sp³-hybridized carbons (Fsp3) is 0.200. The van der Waals surface area contributed by atoms with Crippen LogP contribution in [0.1, 0.15) is 0 Å². The Morgan fingerprint density at radius 1 is 1.75 bits per heavy atom. The van der Waals surface area contributed by atoms with Crippen molar-refractivity contribution in [2.24, 2.45) is 0 Å². The Kier molecular flexibility index (Phi) is 2.93. The van der Waals surface area contributed by atoms with Crippen LogP contribution in [0.25, 0.3) is 0 Å². The highest BCUT2D eigenvalue weighted by molar-refractivity contribution is 7.14. The maximum Gasteiger partial charge on any atom is 0.380 e. The van der Waals surface area contributed by atoms with E-state index in [0.29, 0.717) is 0 Å². The third kappa shape index (κ3) is 2.38. The predicted molar refractivity (Wildman–Crippen MR) is 38.8 cm³/mol. The first-order valence-electron chi connectivity index (χ1n) is 2.70. The molecule has 0 aliphatic rings. The first kappa shape index (κ1) is 9.34. The average Bonchev–Trinajstić information content (AvgIpc) is 2.35. The molecule has 0 aliphatic carbocycles. The van der Waals surface area contributed by atoms with E-state index in [1.807, 2.05) is 0 Å². The smallest absolute Gasteiger partial charge is 0.380 e. The lowest BCUT2D eigenvalue weighted by Crippen LogP contribution is -2.17. The van der Waals surface area contributed by atoms with Crippen molar-refractivity contribution in [1.29, 1.82) is 0 Å². The van der Waals surface area contributed by atoms with Gasteiger partial charge in [-0.25, -0.2) is 4.79 Å². The number of aromatic nitrogens is 1. The monoisotopic (exact) mass is 213 g/mol. The van der Waals surface area contributed by atoms with Gasteiger partial charge in [0.2, 0.25) is 5.88 Å². The quantitative estimate of drug-likeness (QED) is 0.705. The van der Waals surface area contributed by atoms with Crippen molar-refractivity contribution in [2.75, 3.05) is 0 Å². The molecule has 1 heterocycles. The van der Waals surface area contributed by atoms with Gasteiger partial charge in [-0.15, -0.1) is 11.3 Å². The molecule has 0 saturated heterocycles. The van der Waals surface area contributed by atoms with Crippen LogP contribution in [-0.4, -0.2) is 17.4 Å². The molecular weight excluding hydrogens is 212 g/mol. The van der Waals surface area contributed by atoms with Gasteiger partial charge < -0.3 is 4.74 Å². The van der Waals surface area contributed by atoms with E-state index in [1.54, 1.807) is 0 Å². The van der Waals surface area contributed by atoms with Crippen molar-refractivity contribution in [3.05, 3.63) is 9.85 Å². The van der Waals surface area contributed by atoms with Crippen LogP contribution in [0.5, 0.6) is 5.88 Å². The molecule has 66 valence electrons. The zero-order valence-corrected chi connectivity index (χ0v) is 7.03. The third-order valence-corrected chi connectivity index (χ3v) is 1.80. The topological polar surface area (TPSA) is 39.2 Å². The summed E-state index contributed by atoms with van der Waals surface area (Å²) in [6.07, 6.45) is -3.15. The maximum absolute atomic E-state index is 11.6. The van der Waals surface area contributed by atoms with E-state index < -0.39 is 12.4 Å². The molecule has 1 aromatic heterocycles. The Hall–Kier alpha value is -0.750. The van der Waals surface area contributed by atoms with Crippen molar-refractivity contribution < 1.29 is 18.3 Å². The van der Waals surface area contributed by atoms with Crippen LogP contribution >= 0.6 is 22.9 Å². The number of esters is 1. The van der Waals surface area contributed by atoms with Gasteiger partial charge in [-0.1, -0.05) is 11.6 Å². The van der Waals surface area contributed by atoms with Gasteiger partial charge in [-0.05, 0) is 0 Å². The fourth-order valence-corrected chi connectivity index (χ4v) is 1.09. The number of alkyl halides is 2. The summed E-state index contributed by atoms with van der Waals surface area (Å²) in [5, 5.41) is 1.27. The van der Waals surface area contributed by atoms with Gasteiger partial charge in [0.15, 0.2) is 4.47 Å². The minimum absolute atomic E-state index is 0.132. The summed E-state index contributed by atoms with van der Waals surface area (Å²) in [4.78, 5) is 13.7. The Morgan fingerprint density at radius 2 is 2.42 bits per heavy atom. The molecule has 0 atom stereocenters. The number of ether oxygens (including phenoxy) is 1. The van der Waals surface area contributed by atoms with Gasteiger partial charge in [0, 0.05) is 0 Å². The Balaban J connectivity index is 2.58. The first-order chi connectivity index (χ1) is 5.59. The van der Waals surface area contributed by atoms with E-state index in [-0.39, 0.29) is 10.3 Å². The molecule has 0 fully saturated rings. The standard InChI is InChI=1S/C5H2ClF2NO2S/c6-5-9-2(1-12-5)11-4(10)3(7)8/h1,3H. The molecule has 0 N–H and O–H groups in total. The molecular formula is C5H2ClF2NO2S. The minimum atomic E-state index is -3.15. The highest BCUT2D eigenvalue weighted by atomic mass is 35.5. The molecule has 7 heteroatoms. The summed E-state index contributed by atoms with van der Waals surface area (Å²) in [6, 6.07) is 0. The van der Waals surface area contributed by atoms with Crippen LogP contribution in [0.4, 0.5) is 8.78 Å².